The van der Waals surface area contributed by atoms with Crippen molar-refractivity contribution in [3.8, 4) is 6.07 Å². The van der Waals surface area contributed by atoms with Crippen LogP contribution in [0.2, 0.25) is 0 Å². The van der Waals surface area contributed by atoms with E-state index in [1.54, 1.807) is 6.92 Å². The van der Waals surface area contributed by atoms with Gasteiger partial charge in [0.15, 0.2) is 0 Å². The molecule has 1 aromatic rings. The number of hydroxylamine groups is 1. The lowest BCUT2D eigenvalue weighted by Gasteiger charge is -2.12. The minimum atomic E-state index is -0.291. The number of hydrogen-bond donors (Lipinski definition) is 2. The highest BCUT2D eigenvalue weighted by atomic mass is 16.5. The molecule has 0 saturated heterocycles. The molecule has 0 amide bonds. The van der Waals surface area contributed by atoms with Crippen LogP contribution in [-0.2, 0) is 0 Å². The Morgan fingerprint density at radius 3 is 2.73 bits per heavy atom. The van der Waals surface area contributed by atoms with E-state index in [4.69, 9.17) is 10.5 Å². The predicted octanol–water partition coefficient (Wildman–Crippen LogP) is 1.37. The first-order valence-electron chi connectivity index (χ1n) is 4.66. The molecule has 0 radical (unpaired) electrons. The Balaban J connectivity index is 2.97. The van der Waals surface area contributed by atoms with E-state index in [1.165, 1.54) is 0 Å². The van der Waals surface area contributed by atoms with Gasteiger partial charge < -0.3 is 5.21 Å². The van der Waals surface area contributed by atoms with Crippen molar-refractivity contribution in [1.82, 2.24) is 5.48 Å². The first-order chi connectivity index (χ1) is 7.29. The third-order valence-corrected chi connectivity index (χ3v) is 1.99. The summed E-state index contributed by atoms with van der Waals surface area (Å²) in [6.07, 6.45) is 0. The summed E-state index contributed by atoms with van der Waals surface area (Å²) < 4.78 is 0. The van der Waals surface area contributed by atoms with Gasteiger partial charge in [0.1, 0.15) is 6.54 Å². The SMILES string of the molecule is CC(NO)C(=NCC#N)c1ccccc1. The quantitative estimate of drug-likeness (QED) is 0.441. The van der Waals surface area contributed by atoms with Gasteiger partial charge in [-0.2, -0.15) is 10.7 Å². The Hall–Kier alpha value is -1.70. The zero-order valence-corrected chi connectivity index (χ0v) is 8.51. The van der Waals surface area contributed by atoms with E-state index in [-0.39, 0.29) is 12.6 Å². The van der Waals surface area contributed by atoms with Crippen molar-refractivity contribution in [3.05, 3.63) is 35.9 Å². The molecule has 0 saturated carbocycles. The smallest absolute Gasteiger partial charge is 0.126 e. The predicted molar refractivity (Wildman–Crippen MR) is 57.8 cm³/mol. The molecule has 1 rings (SSSR count). The highest BCUT2D eigenvalue weighted by Crippen LogP contribution is 2.04. The fraction of sp³-hybridized carbons (Fsp3) is 0.273. The van der Waals surface area contributed by atoms with Gasteiger partial charge in [0, 0.05) is 0 Å². The number of rotatable bonds is 4. The molecular weight excluding hydrogens is 190 g/mol. The van der Waals surface area contributed by atoms with Crippen molar-refractivity contribution in [2.45, 2.75) is 13.0 Å². The lowest BCUT2D eigenvalue weighted by atomic mass is 10.1. The maximum atomic E-state index is 8.85. The number of nitrogens with one attached hydrogen (secondary N) is 1. The molecule has 1 atom stereocenters. The summed E-state index contributed by atoms with van der Waals surface area (Å²) in [5.74, 6) is 0. The summed E-state index contributed by atoms with van der Waals surface area (Å²) >= 11 is 0. The van der Waals surface area contributed by atoms with E-state index < -0.39 is 0 Å². The average Bonchev–Trinajstić information content (AvgIpc) is 2.30. The van der Waals surface area contributed by atoms with E-state index in [2.05, 4.69) is 10.5 Å². The van der Waals surface area contributed by atoms with Crippen LogP contribution in [-0.4, -0.2) is 23.5 Å². The van der Waals surface area contributed by atoms with E-state index in [1.807, 2.05) is 36.4 Å². The van der Waals surface area contributed by atoms with Crippen LogP contribution in [0.1, 0.15) is 12.5 Å². The van der Waals surface area contributed by atoms with Gasteiger partial charge in [-0.15, -0.1) is 0 Å². The van der Waals surface area contributed by atoms with Crippen LogP contribution < -0.4 is 5.48 Å². The van der Waals surface area contributed by atoms with Gasteiger partial charge in [0.25, 0.3) is 0 Å². The van der Waals surface area contributed by atoms with Crippen LogP contribution in [0, 0.1) is 11.3 Å². The van der Waals surface area contributed by atoms with Crippen molar-refractivity contribution < 1.29 is 5.21 Å². The molecule has 0 aromatic heterocycles. The minimum Gasteiger partial charge on any atom is -0.316 e. The molecule has 0 aliphatic carbocycles. The molecule has 0 aliphatic heterocycles. The lowest BCUT2D eigenvalue weighted by molar-refractivity contribution is 0.155. The highest BCUT2D eigenvalue weighted by molar-refractivity contribution is 6.04. The molecule has 1 aromatic carbocycles. The molecule has 15 heavy (non-hydrogen) atoms. The second-order valence-electron chi connectivity index (χ2n) is 3.08. The monoisotopic (exact) mass is 203 g/mol. The van der Waals surface area contributed by atoms with Crippen LogP contribution in [0.3, 0.4) is 0 Å². The molecule has 0 bridgehead atoms. The maximum absolute atomic E-state index is 8.85. The van der Waals surface area contributed by atoms with Crippen molar-refractivity contribution >= 4 is 5.71 Å². The number of aliphatic imine (C=N–C) groups is 1. The first-order valence-corrected chi connectivity index (χ1v) is 4.66. The molecule has 0 aliphatic rings. The Kier molecular flexibility index (Phi) is 4.48. The second-order valence-corrected chi connectivity index (χ2v) is 3.08. The Morgan fingerprint density at radius 2 is 2.20 bits per heavy atom. The Bertz CT molecular complexity index is 367. The van der Waals surface area contributed by atoms with E-state index >= 15 is 0 Å². The summed E-state index contributed by atoms with van der Waals surface area (Å²) in [4.78, 5) is 4.12. The van der Waals surface area contributed by atoms with Crippen LogP contribution in [0.4, 0.5) is 0 Å². The summed E-state index contributed by atoms with van der Waals surface area (Å²) in [6, 6.07) is 11.1. The summed E-state index contributed by atoms with van der Waals surface area (Å²) in [7, 11) is 0. The van der Waals surface area contributed by atoms with Gasteiger partial charge in [-0.1, -0.05) is 30.3 Å². The van der Waals surface area contributed by atoms with Crippen molar-refractivity contribution in [2.24, 2.45) is 4.99 Å². The molecule has 2 N–H and O–H groups in total. The fourth-order valence-corrected chi connectivity index (χ4v) is 1.27. The minimum absolute atomic E-state index is 0.0935. The standard InChI is InChI=1S/C11H13N3O/c1-9(14-15)11(13-8-7-12)10-5-3-2-4-6-10/h2-6,9,14-15H,8H2,1H3. The molecule has 4 heteroatoms. The van der Waals surface area contributed by atoms with Crippen molar-refractivity contribution in [3.63, 3.8) is 0 Å². The summed E-state index contributed by atoms with van der Waals surface area (Å²) in [5, 5.41) is 17.3. The Labute approximate surface area is 88.8 Å². The van der Waals surface area contributed by atoms with Gasteiger partial charge in [-0.05, 0) is 12.5 Å². The normalized spacial score (nSPS) is 13.3. The van der Waals surface area contributed by atoms with Crippen molar-refractivity contribution in [2.75, 3.05) is 6.54 Å². The van der Waals surface area contributed by atoms with E-state index in [0.29, 0.717) is 5.71 Å². The molecule has 0 heterocycles. The van der Waals surface area contributed by atoms with E-state index in [9.17, 15) is 0 Å². The zero-order valence-electron chi connectivity index (χ0n) is 8.51. The van der Waals surface area contributed by atoms with Crippen LogP contribution >= 0.6 is 0 Å². The molecule has 0 fully saturated rings. The average molecular weight is 203 g/mol. The first kappa shape index (κ1) is 11.4. The third kappa shape index (κ3) is 3.17. The van der Waals surface area contributed by atoms with Crippen LogP contribution in [0.25, 0.3) is 0 Å². The maximum Gasteiger partial charge on any atom is 0.126 e. The third-order valence-electron chi connectivity index (χ3n) is 1.99. The number of benzene rings is 1. The molecule has 4 nitrogen and oxygen atoms in total. The van der Waals surface area contributed by atoms with Crippen molar-refractivity contribution in [1.29, 1.82) is 5.26 Å². The van der Waals surface area contributed by atoms with E-state index in [0.717, 1.165) is 5.56 Å². The van der Waals surface area contributed by atoms with Crippen LogP contribution in [0.5, 0.6) is 0 Å². The number of nitrogens with zero attached hydrogens (tertiary/aromatic N) is 2. The van der Waals surface area contributed by atoms with Gasteiger partial charge in [-0.3, -0.25) is 4.99 Å². The van der Waals surface area contributed by atoms with Gasteiger partial charge in [0.05, 0.1) is 17.8 Å². The Morgan fingerprint density at radius 1 is 1.53 bits per heavy atom. The largest absolute Gasteiger partial charge is 0.316 e. The summed E-state index contributed by atoms with van der Waals surface area (Å²) in [6.45, 7) is 1.87. The topological polar surface area (TPSA) is 68.4 Å². The van der Waals surface area contributed by atoms with Gasteiger partial charge >= 0.3 is 0 Å². The molecule has 0 spiro atoms. The fourth-order valence-electron chi connectivity index (χ4n) is 1.27. The molecule has 78 valence electrons. The number of nitriles is 1. The second kappa shape index (κ2) is 5.91. The molecular formula is C11H13N3O. The lowest BCUT2D eigenvalue weighted by Crippen LogP contribution is -2.32. The van der Waals surface area contributed by atoms with Gasteiger partial charge in [-0.25, -0.2) is 0 Å². The summed E-state index contributed by atoms with van der Waals surface area (Å²) in [5.41, 5.74) is 3.72. The highest BCUT2D eigenvalue weighted by Gasteiger charge is 2.10. The zero-order chi connectivity index (χ0) is 11.1. The molecule has 1 unspecified atom stereocenters. The number of hydrogen-bond acceptors (Lipinski definition) is 4. The van der Waals surface area contributed by atoms with Crippen LogP contribution in [0.15, 0.2) is 35.3 Å². The van der Waals surface area contributed by atoms with Gasteiger partial charge in [0.2, 0.25) is 0 Å².